The predicted octanol–water partition coefficient (Wildman–Crippen LogP) is 3.35. The Morgan fingerprint density at radius 2 is 2.18 bits per heavy atom. The fourth-order valence-electron chi connectivity index (χ4n) is 1.53. The van der Waals surface area contributed by atoms with Gasteiger partial charge in [0.25, 0.3) is 0 Å². The first-order valence-electron chi connectivity index (χ1n) is 5.35. The number of nitrogens with one attached hydrogen (secondary N) is 1. The summed E-state index contributed by atoms with van der Waals surface area (Å²) >= 11 is 3.43. The number of halogens is 1. The van der Waals surface area contributed by atoms with Gasteiger partial charge in [0.15, 0.2) is 0 Å². The minimum absolute atomic E-state index is 0.721. The van der Waals surface area contributed by atoms with Gasteiger partial charge in [-0.15, -0.1) is 0 Å². The maximum atomic E-state index is 5.72. The average Bonchev–Trinajstić information content (AvgIpc) is 2.31. The zero-order chi connectivity index (χ0) is 12.3. The summed E-state index contributed by atoms with van der Waals surface area (Å²) in [6, 6.07) is 9.84. The number of anilines is 2. The third-order valence-corrected chi connectivity index (χ3v) is 3.30. The summed E-state index contributed by atoms with van der Waals surface area (Å²) in [5.41, 5.74) is 8.81. The van der Waals surface area contributed by atoms with E-state index in [4.69, 9.17) is 5.73 Å². The van der Waals surface area contributed by atoms with Gasteiger partial charge < -0.3 is 11.1 Å². The molecule has 1 aromatic heterocycles. The molecule has 0 amide bonds. The number of benzene rings is 1. The molecule has 1 heterocycles. The fraction of sp³-hybridized carbons (Fsp3) is 0.154. The van der Waals surface area contributed by atoms with Crippen molar-refractivity contribution in [2.24, 2.45) is 0 Å². The molecule has 3 N–H and O–H groups in total. The monoisotopic (exact) mass is 291 g/mol. The molecule has 1 aromatic carbocycles. The number of rotatable bonds is 3. The van der Waals surface area contributed by atoms with Crippen molar-refractivity contribution in [1.82, 2.24) is 4.98 Å². The maximum Gasteiger partial charge on any atom is 0.126 e. The lowest BCUT2D eigenvalue weighted by Gasteiger charge is -2.07. The zero-order valence-corrected chi connectivity index (χ0v) is 11.2. The molecule has 4 heteroatoms. The third-order valence-electron chi connectivity index (χ3n) is 2.47. The van der Waals surface area contributed by atoms with Gasteiger partial charge in [0.05, 0.1) is 0 Å². The number of nitrogen functional groups attached to an aromatic ring is 1. The van der Waals surface area contributed by atoms with Crippen molar-refractivity contribution >= 4 is 27.4 Å². The first kappa shape index (κ1) is 11.9. The standard InChI is InChI=1S/C13H14BrN3/c1-9-5-13(17-8-12(9)14)16-7-10-3-2-4-11(15)6-10/h2-6,8H,7,15H2,1H3,(H,16,17). The molecule has 0 radical (unpaired) electrons. The minimum Gasteiger partial charge on any atom is -0.399 e. The summed E-state index contributed by atoms with van der Waals surface area (Å²) in [4.78, 5) is 4.29. The molecular weight excluding hydrogens is 278 g/mol. The van der Waals surface area contributed by atoms with Crippen LogP contribution in [-0.4, -0.2) is 4.98 Å². The normalized spacial score (nSPS) is 10.2. The number of aryl methyl sites for hydroxylation is 1. The number of aromatic nitrogens is 1. The summed E-state index contributed by atoms with van der Waals surface area (Å²) in [6.45, 7) is 2.76. The molecule has 2 aromatic rings. The van der Waals surface area contributed by atoms with Gasteiger partial charge in [-0.3, -0.25) is 0 Å². The largest absolute Gasteiger partial charge is 0.399 e. The van der Waals surface area contributed by atoms with Crippen LogP contribution in [0.2, 0.25) is 0 Å². The van der Waals surface area contributed by atoms with E-state index < -0.39 is 0 Å². The van der Waals surface area contributed by atoms with Crippen LogP contribution >= 0.6 is 15.9 Å². The fourth-order valence-corrected chi connectivity index (χ4v) is 1.75. The van der Waals surface area contributed by atoms with Gasteiger partial charge in [0, 0.05) is 22.9 Å². The van der Waals surface area contributed by atoms with Crippen molar-refractivity contribution < 1.29 is 0 Å². The highest BCUT2D eigenvalue weighted by Crippen LogP contribution is 2.17. The summed E-state index contributed by atoms with van der Waals surface area (Å²) in [7, 11) is 0. The highest BCUT2D eigenvalue weighted by molar-refractivity contribution is 9.10. The van der Waals surface area contributed by atoms with Gasteiger partial charge in [-0.25, -0.2) is 4.98 Å². The van der Waals surface area contributed by atoms with E-state index in [-0.39, 0.29) is 0 Å². The summed E-state index contributed by atoms with van der Waals surface area (Å²) in [5, 5.41) is 3.27. The van der Waals surface area contributed by atoms with Crippen LogP contribution in [0, 0.1) is 6.92 Å². The van der Waals surface area contributed by atoms with Crippen LogP contribution in [0.5, 0.6) is 0 Å². The lowest BCUT2D eigenvalue weighted by atomic mass is 10.2. The predicted molar refractivity (Wildman–Crippen MR) is 74.9 cm³/mol. The topological polar surface area (TPSA) is 50.9 Å². The Kier molecular flexibility index (Phi) is 3.64. The number of hydrogen-bond acceptors (Lipinski definition) is 3. The molecular formula is C13H14BrN3. The smallest absolute Gasteiger partial charge is 0.126 e. The first-order valence-corrected chi connectivity index (χ1v) is 6.15. The van der Waals surface area contributed by atoms with Crippen molar-refractivity contribution in [3.05, 3.63) is 52.1 Å². The van der Waals surface area contributed by atoms with Crippen LogP contribution in [0.25, 0.3) is 0 Å². The van der Waals surface area contributed by atoms with Crippen LogP contribution in [0.4, 0.5) is 11.5 Å². The zero-order valence-electron chi connectivity index (χ0n) is 9.57. The molecule has 0 unspecified atom stereocenters. The SMILES string of the molecule is Cc1cc(NCc2cccc(N)c2)ncc1Br. The van der Waals surface area contributed by atoms with Crippen LogP contribution in [0.3, 0.4) is 0 Å². The van der Waals surface area contributed by atoms with Gasteiger partial charge >= 0.3 is 0 Å². The first-order chi connectivity index (χ1) is 8.15. The summed E-state index contributed by atoms with van der Waals surface area (Å²) in [6.07, 6.45) is 1.80. The lowest BCUT2D eigenvalue weighted by molar-refractivity contribution is 1.10. The Morgan fingerprint density at radius 3 is 2.88 bits per heavy atom. The number of nitrogens with two attached hydrogens (primary N) is 1. The van der Waals surface area contributed by atoms with Crippen molar-refractivity contribution in [1.29, 1.82) is 0 Å². The van der Waals surface area contributed by atoms with Gasteiger partial charge in [-0.1, -0.05) is 12.1 Å². The third kappa shape index (κ3) is 3.20. The summed E-state index contributed by atoms with van der Waals surface area (Å²) < 4.78 is 1.02. The van der Waals surface area contributed by atoms with Crippen LogP contribution < -0.4 is 11.1 Å². The maximum absolute atomic E-state index is 5.72. The molecule has 0 bridgehead atoms. The molecule has 0 spiro atoms. The van der Waals surface area contributed by atoms with Crippen LogP contribution in [-0.2, 0) is 6.54 Å². The Morgan fingerprint density at radius 1 is 1.35 bits per heavy atom. The van der Waals surface area contributed by atoms with E-state index in [1.807, 2.05) is 37.3 Å². The van der Waals surface area contributed by atoms with Gasteiger partial charge in [-0.2, -0.15) is 0 Å². The van der Waals surface area contributed by atoms with E-state index in [1.165, 1.54) is 0 Å². The van der Waals surface area contributed by atoms with Crippen molar-refractivity contribution in [2.45, 2.75) is 13.5 Å². The lowest BCUT2D eigenvalue weighted by Crippen LogP contribution is -2.02. The molecule has 0 atom stereocenters. The van der Waals surface area contributed by atoms with Crippen molar-refractivity contribution in [2.75, 3.05) is 11.1 Å². The van der Waals surface area contributed by atoms with E-state index in [1.54, 1.807) is 6.20 Å². The Labute approximate surface area is 109 Å². The van der Waals surface area contributed by atoms with Crippen molar-refractivity contribution in [3.8, 4) is 0 Å². The quantitative estimate of drug-likeness (QED) is 0.853. The highest BCUT2D eigenvalue weighted by atomic mass is 79.9. The molecule has 0 aliphatic heterocycles. The highest BCUT2D eigenvalue weighted by Gasteiger charge is 1.99. The van der Waals surface area contributed by atoms with Crippen molar-refractivity contribution in [3.63, 3.8) is 0 Å². The molecule has 2 rings (SSSR count). The Hall–Kier alpha value is -1.55. The minimum atomic E-state index is 0.721. The van der Waals surface area contributed by atoms with E-state index in [0.717, 1.165) is 33.6 Å². The van der Waals surface area contributed by atoms with E-state index >= 15 is 0 Å². The number of hydrogen-bond donors (Lipinski definition) is 2. The second-order valence-electron chi connectivity index (χ2n) is 3.92. The molecule has 0 saturated heterocycles. The number of pyridine rings is 1. The van der Waals surface area contributed by atoms with Crippen LogP contribution in [0.15, 0.2) is 41.0 Å². The molecule has 17 heavy (non-hydrogen) atoms. The molecule has 0 aliphatic carbocycles. The van der Waals surface area contributed by atoms with Gasteiger partial charge in [0.1, 0.15) is 5.82 Å². The van der Waals surface area contributed by atoms with E-state index in [2.05, 4.69) is 26.2 Å². The molecule has 0 fully saturated rings. The van der Waals surface area contributed by atoms with Crippen LogP contribution in [0.1, 0.15) is 11.1 Å². The average molecular weight is 292 g/mol. The van der Waals surface area contributed by atoms with Gasteiger partial charge in [-0.05, 0) is 52.2 Å². The Bertz CT molecular complexity index is 526. The van der Waals surface area contributed by atoms with E-state index in [9.17, 15) is 0 Å². The number of nitrogens with zero attached hydrogens (tertiary/aromatic N) is 1. The Balaban J connectivity index is 2.05. The second-order valence-corrected chi connectivity index (χ2v) is 4.77. The molecule has 88 valence electrons. The molecule has 3 nitrogen and oxygen atoms in total. The van der Waals surface area contributed by atoms with Gasteiger partial charge in [0.2, 0.25) is 0 Å². The second kappa shape index (κ2) is 5.19. The molecule has 0 aliphatic rings. The summed E-state index contributed by atoms with van der Waals surface area (Å²) in [5.74, 6) is 0.869. The van der Waals surface area contributed by atoms with E-state index in [0.29, 0.717) is 0 Å². The molecule has 0 saturated carbocycles.